The largest absolute Gasteiger partial charge is 0.469 e. The number of alkyl halides is 2. The number of methoxy groups -OCH3 is 1. The van der Waals surface area contributed by atoms with Crippen molar-refractivity contribution in [3.05, 3.63) is 0 Å². The smallest absolute Gasteiger partial charge is 0.309 e. The minimum absolute atomic E-state index is 0.0408. The monoisotopic (exact) mass is 354 g/mol. The van der Waals surface area contributed by atoms with Gasteiger partial charge >= 0.3 is 5.97 Å². The molecule has 92 valence electrons. The Hall–Kier alpha value is 0.390. The van der Waals surface area contributed by atoms with Gasteiger partial charge in [-0.2, -0.15) is 0 Å². The van der Waals surface area contributed by atoms with E-state index in [2.05, 4.69) is 31.9 Å². The zero-order valence-electron chi connectivity index (χ0n) is 9.75. The van der Waals surface area contributed by atoms with E-state index in [0.29, 0.717) is 0 Å². The quantitative estimate of drug-likeness (QED) is 0.610. The molecule has 0 aromatic carbocycles. The standard InChI is InChI=1S/C11H16Br2O3/c1-9(2)5(6(9)8(14)16-4)7-10(3,15)11(7,12)13/h5-7,15H,1-4H3/t5-,6+,7?,10?/m1/s1. The fourth-order valence-corrected chi connectivity index (χ4v) is 4.73. The topological polar surface area (TPSA) is 46.5 Å². The maximum absolute atomic E-state index is 11.6. The van der Waals surface area contributed by atoms with Gasteiger partial charge in [-0.25, -0.2) is 0 Å². The molecule has 0 aromatic rings. The van der Waals surface area contributed by atoms with Crippen LogP contribution in [-0.4, -0.2) is 27.0 Å². The Balaban J connectivity index is 2.18. The van der Waals surface area contributed by atoms with Crippen LogP contribution in [0.1, 0.15) is 20.8 Å². The molecular weight excluding hydrogens is 340 g/mol. The van der Waals surface area contributed by atoms with Crippen LogP contribution in [0, 0.1) is 23.2 Å². The minimum atomic E-state index is -0.808. The highest BCUT2D eigenvalue weighted by molar-refractivity contribution is 9.25. The average Bonchev–Trinajstić information content (AvgIpc) is 2.80. The van der Waals surface area contributed by atoms with Gasteiger partial charge in [0.2, 0.25) is 0 Å². The van der Waals surface area contributed by atoms with E-state index in [-0.39, 0.29) is 29.1 Å². The first-order chi connectivity index (χ1) is 7.10. The highest BCUT2D eigenvalue weighted by Gasteiger charge is 2.82. The first kappa shape index (κ1) is 12.8. The molecule has 2 aliphatic rings. The molecule has 0 heterocycles. The van der Waals surface area contributed by atoms with Crippen molar-refractivity contribution in [3.63, 3.8) is 0 Å². The van der Waals surface area contributed by atoms with Gasteiger partial charge in [0.05, 0.1) is 18.6 Å². The first-order valence-corrected chi connectivity index (χ1v) is 6.86. The molecule has 5 heteroatoms. The van der Waals surface area contributed by atoms with Crippen molar-refractivity contribution in [2.45, 2.75) is 29.6 Å². The summed E-state index contributed by atoms with van der Waals surface area (Å²) in [7, 11) is 1.41. The Morgan fingerprint density at radius 1 is 1.31 bits per heavy atom. The number of carbonyl (C=O) groups is 1. The molecule has 0 saturated heterocycles. The summed E-state index contributed by atoms with van der Waals surface area (Å²) in [5, 5.41) is 10.2. The molecule has 16 heavy (non-hydrogen) atoms. The van der Waals surface area contributed by atoms with E-state index in [4.69, 9.17) is 4.74 Å². The van der Waals surface area contributed by atoms with Crippen LogP contribution in [0.4, 0.5) is 0 Å². The third-order valence-corrected chi connectivity index (χ3v) is 6.90. The third-order valence-electron chi connectivity index (χ3n) is 4.31. The molecule has 2 saturated carbocycles. The van der Waals surface area contributed by atoms with Crippen molar-refractivity contribution in [1.82, 2.24) is 0 Å². The predicted octanol–water partition coefficient (Wildman–Crippen LogP) is 2.30. The molecule has 0 aliphatic heterocycles. The lowest BCUT2D eigenvalue weighted by molar-refractivity contribution is -0.143. The summed E-state index contributed by atoms with van der Waals surface area (Å²) >= 11 is 6.96. The van der Waals surface area contributed by atoms with Crippen LogP contribution in [0.2, 0.25) is 0 Å². The third kappa shape index (κ3) is 1.37. The number of halogens is 2. The minimum Gasteiger partial charge on any atom is -0.469 e. The Labute approximate surface area is 112 Å². The van der Waals surface area contributed by atoms with Crippen molar-refractivity contribution >= 4 is 37.8 Å². The summed E-state index contributed by atoms with van der Waals surface area (Å²) in [5.41, 5.74) is -0.900. The number of aliphatic hydroxyl groups is 1. The maximum Gasteiger partial charge on any atom is 0.309 e. The van der Waals surface area contributed by atoms with Gasteiger partial charge in [-0.1, -0.05) is 45.7 Å². The van der Waals surface area contributed by atoms with Crippen LogP contribution in [0.15, 0.2) is 0 Å². The predicted molar refractivity (Wildman–Crippen MR) is 67.5 cm³/mol. The molecule has 0 amide bonds. The van der Waals surface area contributed by atoms with Gasteiger partial charge in [0.25, 0.3) is 0 Å². The van der Waals surface area contributed by atoms with Gasteiger partial charge in [0, 0.05) is 5.92 Å². The van der Waals surface area contributed by atoms with Gasteiger partial charge in [0.1, 0.15) is 3.23 Å². The van der Waals surface area contributed by atoms with Gasteiger partial charge in [-0.3, -0.25) is 4.79 Å². The molecule has 0 bridgehead atoms. The van der Waals surface area contributed by atoms with E-state index >= 15 is 0 Å². The fourth-order valence-electron chi connectivity index (χ4n) is 3.00. The van der Waals surface area contributed by atoms with E-state index in [9.17, 15) is 9.90 Å². The zero-order chi connectivity index (χ0) is 12.5. The fraction of sp³-hybridized carbons (Fsp3) is 0.909. The molecule has 3 nitrogen and oxygen atoms in total. The number of ether oxygens (including phenoxy) is 1. The second kappa shape index (κ2) is 3.23. The van der Waals surface area contributed by atoms with Crippen LogP contribution in [-0.2, 0) is 9.53 Å². The number of carbonyl (C=O) groups excluding carboxylic acids is 1. The molecule has 1 N–H and O–H groups in total. The summed E-state index contributed by atoms with van der Waals surface area (Å²) in [5.74, 6) is -0.0766. The summed E-state index contributed by atoms with van der Waals surface area (Å²) in [6.45, 7) is 5.87. The van der Waals surface area contributed by atoms with Crippen molar-refractivity contribution in [1.29, 1.82) is 0 Å². The molecule has 2 fully saturated rings. The van der Waals surface area contributed by atoms with E-state index < -0.39 is 8.83 Å². The Morgan fingerprint density at radius 2 is 1.75 bits per heavy atom. The van der Waals surface area contributed by atoms with Crippen molar-refractivity contribution in [2.75, 3.05) is 7.11 Å². The Kier molecular flexibility index (Phi) is 2.59. The number of hydrogen-bond acceptors (Lipinski definition) is 3. The van der Waals surface area contributed by atoms with Crippen molar-refractivity contribution in [2.24, 2.45) is 23.2 Å². The SMILES string of the molecule is COC(=O)[C@@H]1[C@H](C2C(C)(O)C2(Br)Br)C1(C)C. The zero-order valence-corrected chi connectivity index (χ0v) is 12.9. The van der Waals surface area contributed by atoms with E-state index in [1.807, 2.05) is 13.8 Å². The van der Waals surface area contributed by atoms with E-state index in [1.54, 1.807) is 6.92 Å². The molecule has 4 atom stereocenters. The molecule has 0 spiro atoms. The van der Waals surface area contributed by atoms with Crippen molar-refractivity contribution in [3.8, 4) is 0 Å². The first-order valence-electron chi connectivity index (χ1n) is 5.28. The number of esters is 1. The average molecular weight is 356 g/mol. The van der Waals surface area contributed by atoms with Crippen LogP contribution in [0.25, 0.3) is 0 Å². The molecule has 2 unspecified atom stereocenters. The Bertz CT molecular complexity index is 335. The van der Waals surface area contributed by atoms with E-state index in [0.717, 1.165) is 0 Å². The summed E-state index contributed by atoms with van der Waals surface area (Å²) in [6.07, 6.45) is 0. The molecular formula is C11H16Br2O3. The molecule has 2 aliphatic carbocycles. The second-order valence-corrected chi connectivity index (χ2v) is 9.16. The lowest BCUT2D eigenvalue weighted by Crippen LogP contribution is -2.10. The highest BCUT2D eigenvalue weighted by Crippen LogP contribution is 2.78. The summed E-state index contributed by atoms with van der Waals surface area (Å²) < 4.78 is 4.34. The van der Waals surface area contributed by atoms with Crippen LogP contribution in [0.3, 0.4) is 0 Å². The normalized spacial score (nSPS) is 47.3. The van der Waals surface area contributed by atoms with Gasteiger partial charge in [0.15, 0.2) is 0 Å². The van der Waals surface area contributed by atoms with Gasteiger partial charge in [-0.15, -0.1) is 0 Å². The lowest BCUT2D eigenvalue weighted by atomic mass is 10.1. The van der Waals surface area contributed by atoms with E-state index in [1.165, 1.54) is 7.11 Å². The highest BCUT2D eigenvalue weighted by atomic mass is 79.9. The molecule has 2 rings (SSSR count). The second-order valence-electron chi connectivity index (χ2n) is 5.60. The molecule has 0 radical (unpaired) electrons. The summed E-state index contributed by atoms with van der Waals surface area (Å²) in [4.78, 5) is 11.6. The van der Waals surface area contributed by atoms with Crippen LogP contribution < -0.4 is 0 Å². The maximum atomic E-state index is 11.6. The van der Waals surface area contributed by atoms with Crippen molar-refractivity contribution < 1.29 is 14.6 Å². The van der Waals surface area contributed by atoms with Gasteiger partial charge in [-0.05, 0) is 18.3 Å². The number of rotatable bonds is 2. The Morgan fingerprint density at radius 3 is 2.06 bits per heavy atom. The van der Waals surface area contributed by atoms with Crippen LogP contribution >= 0.6 is 31.9 Å². The lowest BCUT2D eigenvalue weighted by Gasteiger charge is -2.01. The van der Waals surface area contributed by atoms with Crippen LogP contribution in [0.5, 0.6) is 0 Å². The summed E-state index contributed by atoms with van der Waals surface area (Å²) in [6, 6.07) is 0. The number of hydrogen-bond donors (Lipinski definition) is 1. The molecule has 0 aromatic heterocycles. The van der Waals surface area contributed by atoms with Gasteiger partial charge < -0.3 is 9.84 Å².